The van der Waals surface area contributed by atoms with Crippen LogP contribution in [0.1, 0.15) is 61.0 Å². The molecular formula is C28H33NO5S. The molecule has 0 bridgehead atoms. The summed E-state index contributed by atoms with van der Waals surface area (Å²) in [7, 11) is 1.60. The van der Waals surface area contributed by atoms with E-state index in [0.29, 0.717) is 29.5 Å². The minimum Gasteiger partial charge on any atom is -0.497 e. The van der Waals surface area contributed by atoms with E-state index in [0.717, 1.165) is 22.6 Å². The lowest BCUT2D eigenvalue weighted by atomic mass is 9.98. The number of esters is 1. The second kappa shape index (κ2) is 12.4. The number of hydrogen-bond acceptors (Lipinski definition) is 6. The number of carbonyl (C=O) groups excluding carboxylic acids is 2. The highest BCUT2D eigenvalue weighted by molar-refractivity contribution is 7.15. The SMILES string of the molecule is CCOC(=O)c1c(-c2ccc(OC)cc2)csc1NC(=O)CCCOc1ccc(C(C)C)c(C)c1. The summed E-state index contributed by atoms with van der Waals surface area (Å²) in [6.45, 7) is 8.86. The Bertz CT molecular complexity index is 1150. The van der Waals surface area contributed by atoms with Gasteiger partial charge in [0.05, 0.1) is 20.3 Å². The fourth-order valence-electron chi connectivity index (χ4n) is 3.84. The van der Waals surface area contributed by atoms with Gasteiger partial charge in [0, 0.05) is 17.4 Å². The Labute approximate surface area is 211 Å². The highest BCUT2D eigenvalue weighted by atomic mass is 32.1. The lowest BCUT2D eigenvalue weighted by Gasteiger charge is -2.12. The Hall–Kier alpha value is -3.32. The third-order valence-electron chi connectivity index (χ3n) is 5.60. The zero-order chi connectivity index (χ0) is 25.4. The van der Waals surface area contributed by atoms with Gasteiger partial charge >= 0.3 is 5.97 Å². The number of methoxy groups -OCH3 is 1. The Morgan fingerprint density at radius 1 is 1.06 bits per heavy atom. The fourth-order valence-corrected chi connectivity index (χ4v) is 4.81. The van der Waals surface area contributed by atoms with Gasteiger partial charge in [-0.25, -0.2) is 4.79 Å². The lowest BCUT2D eigenvalue weighted by molar-refractivity contribution is -0.116. The molecule has 0 unspecified atom stereocenters. The van der Waals surface area contributed by atoms with Crippen LogP contribution in [-0.2, 0) is 9.53 Å². The minimum atomic E-state index is -0.460. The van der Waals surface area contributed by atoms with Crippen molar-refractivity contribution in [3.8, 4) is 22.6 Å². The standard InChI is InChI=1S/C28H33NO5S/c1-6-33-28(31)26-24(20-9-11-21(32-5)12-10-20)17-35-27(26)29-25(30)8-7-15-34-22-13-14-23(18(2)3)19(4)16-22/h9-14,16-18H,6-8,15H2,1-5H3,(H,29,30). The first kappa shape index (κ1) is 26.3. The van der Waals surface area contributed by atoms with Gasteiger partial charge in [0.25, 0.3) is 0 Å². The van der Waals surface area contributed by atoms with Crippen molar-refractivity contribution in [1.82, 2.24) is 0 Å². The van der Waals surface area contributed by atoms with E-state index in [1.807, 2.05) is 41.8 Å². The maximum absolute atomic E-state index is 12.7. The fraction of sp³-hybridized carbons (Fsp3) is 0.357. The number of anilines is 1. The summed E-state index contributed by atoms with van der Waals surface area (Å²) in [6.07, 6.45) is 0.837. The number of thiophene rings is 1. The van der Waals surface area contributed by atoms with Gasteiger partial charge in [0.1, 0.15) is 22.1 Å². The number of carbonyl (C=O) groups is 2. The molecule has 186 valence electrons. The smallest absolute Gasteiger partial charge is 0.341 e. The van der Waals surface area contributed by atoms with E-state index in [4.69, 9.17) is 14.2 Å². The quantitative estimate of drug-likeness (QED) is 0.233. The average molecular weight is 496 g/mol. The molecular weight excluding hydrogens is 462 g/mol. The van der Waals surface area contributed by atoms with Gasteiger partial charge in [-0.3, -0.25) is 4.79 Å². The predicted molar refractivity (Wildman–Crippen MR) is 141 cm³/mol. The van der Waals surface area contributed by atoms with Crippen molar-refractivity contribution in [3.05, 3.63) is 64.5 Å². The van der Waals surface area contributed by atoms with Crippen molar-refractivity contribution >= 4 is 28.2 Å². The van der Waals surface area contributed by atoms with Crippen LogP contribution in [0.2, 0.25) is 0 Å². The van der Waals surface area contributed by atoms with E-state index in [1.54, 1.807) is 14.0 Å². The molecule has 0 aliphatic carbocycles. The van der Waals surface area contributed by atoms with Crippen LogP contribution in [0, 0.1) is 6.92 Å². The molecule has 35 heavy (non-hydrogen) atoms. The monoisotopic (exact) mass is 495 g/mol. The molecule has 0 atom stereocenters. The first-order valence-corrected chi connectivity index (χ1v) is 12.7. The second-order valence-electron chi connectivity index (χ2n) is 8.48. The number of aryl methyl sites for hydroxylation is 1. The van der Waals surface area contributed by atoms with Crippen molar-refractivity contribution in [1.29, 1.82) is 0 Å². The van der Waals surface area contributed by atoms with Crippen LogP contribution in [0.25, 0.3) is 11.1 Å². The van der Waals surface area contributed by atoms with Crippen LogP contribution in [-0.4, -0.2) is 32.2 Å². The molecule has 0 saturated heterocycles. The van der Waals surface area contributed by atoms with Gasteiger partial charge in [-0.1, -0.05) is 32.0 Å². The first-order valence-electron chi connectivity index (χ1n) is 11.8. The molecule has 7 heteroatoms. The molecule has 0 spiro atoms. The van der Waals surface area contributed by atoms with Crippen molar-refractivity contribution < 1.29 is 23.8 Å². The van der Waals surface area contributed by atoms with Gasteiger partial charge < -0.3 is 19.5 Å². The van der Waals surface area contributed by atoms with E-state index in [9.17, 15) is 9.59 Å². The van der Waals surface area contributed by atoms with Crippen molar-refractivity contribution in [2.45, 2.75) is 46.5 Å². The van der Waals surface area contributed by atoms with Crippen molar-refractivity contribution in [3.63, 3.8) is 0 Å². The number of nitrogens with one attached hydrogen (secondary N) is 1. The largest absolute Gasteiger partial charge is 0.497 e. The summed E-state index contributed by atoms with van der Waals surface area (Å²) < 4.78 is 16.3. The molecule has 1 aromatic heterocycles. The molecule has 1 heterocycles. The zero-order valence-electron chi connectivity index (χ0n) is 21.0. The second-order valence-corrected chi connectivity index (χ2v) is 9.36. The zero-order valence-corrected chi connectivity index (χ0v) is 21.8. The van der Waals surface area contributed by atoms with E-state index in [-0.39, 0.29) is 18.9 Å². The molecule has 2 aromatic carbocycles. The van der Waals surface area contributed by atoms with E-state index in [1.165, 1.54) is 22.5 Å². The molecule has 0 saturated carbocycles. The van der Waals surface area contributed by atoms with Crippen LogP contribution in [0.5, 0.6) is 11.5 Å². The Balaban J connectivity index is 1.62. The summed E-state index contributed by atoms with van der Waals surface area (Å²) in [6, 6.07) is 13.5. The highest BCUT2D eigenvalue weighted by Crippen LogP contribution is 2.37. The minimum absolute atomic E-state index is 0.173. The summed E-state index contributed by atoms with van der Waals surface area (Å²) >= 11 is 1.31. The topological polar surface area (TPSA) is 73.9 Å². The summed E-state index contributed by atoms with van der Waals surface area (Å²) in [5, 5.41) is 5.23. The molecule has 0 fully saturated rings. The van der Waals surface area contributed by atoms with Crippen LogP contribution in [0.4, 0.5) is 5.00 Å². The molecule has 3 rings (SSSR count). The molecule has 1 N–H and O–H groups in total. The number of amides is 1. The average Bonchev–Trinajstić information content (AvgIpc) is 3.25. The Morgan fingerprint density at radius 2 is 1.77 bits per heavy atom. The van der Waals surface area contributed by atoms with Gasteiger partial charge in [0.15, 0.2) is 0 Å². The van der Waals surface area contributed by atoms with E-state index < -0.39 is 5.97 Å². The number of hydrogen-bond donors (Lipinski definition) is 1. The summed E-state index contributed by atoms with van der Waals surface area (Å²) in [5.74, 6) is 1.37. The molecule has 6 nitrogen and oxygen atoms in total. The van der Waals surface area contributed by atoms with Gasteiger partial charge in [-0.05, 0) is 67.1 Å². The number of benzene rings is 2. The molecule has 0 aliphatic rings. The number of rotatable bonds is 11. The third-order valence-corrected chi connectivity index (χ3v) is 6.50. The maximum Gasteiger partial charge on any atom is 0.341 e. The van der Waals surface area contributed by atoms with Crippen molar-refractivity contribution in [2.24, 2.45) is 0 Å². The third kappa shape index (κ3) is 6.85. The first-order chi connectivity index (χ1) is 16.8. The molecule has 0 radical (unpaired) electrons. The maximum atomic E-state index is 12.7. The van der Waals surface area contributed by atoms with Crippen LogP contribution in [0.3, 0.4) is 0 Å². The normalized spacial score (nSPS) is 10.8. The van der Waals surface area contributed by atoms with Crippen molar-refractivity contribution in [2.75, 3.05) is 25.6 Å². The van der Waals surface area contributed by atoms with E-state index >= 15 is 0 Å². The van der Waals surface area contributed by atoms with Crippen LogP contribution in [0.15, 0.2) is 47.8 Å². The van der Waals surface area contributed by atoms with Gasteiger partial charge in [-0.15, -0.1) is 11.3 Å². The molecule has 3 aromatic rings. The van der Waals surface area contributed by atoms with Gasteiger partial charge in [0.2, 0.25) is 5.91 Å². The van der Waals surface area contributed by atoms with Crippen LogP contribution < -0.4 is 14.8 Å². The highest BCUT2D eigenvalue weighted by Gasteiger charge is 2.22. The Morgan fingerprint density at radius 3 is 2.40 bits per heavy atom. The lowest BCUT2D eigenvalue weighted by Crippen LogP contribution is -2.15. The van der Waals surface area contributed by atoms with E-state index in [2.05, 4.69) is 32.2 Å². The number of ether oxygens (including phenoxy) is 3. The molecule has 1 amide bonds. The van der Waals surface area contributed by atoms with Gasteiger partial charge in [-0.2, -0.15) is 0 Å². The Kier molecular flexibility index (Phi) is 9.32. The summed E-state index contributed by atoms with van der Waals surface area (Å²) in [5.41, 5.74) is 4.44. The summed E-state index contributed by atoms with van der Waals surface area (Å²) in [4.78, 5) is 25.4. The predicted octanol–water partition coefficient (Wildman–Crippen LogP) is 6.83. The van der Waals surface area contributed by atoms with Crippen LogP contribution >= 0.6 is 11.3 Å². The molecule has 0 aliphatic heterocycles.